The zero-order chi connectivity index (χ0) is 21.7. The van der Waals surface area contributed by atoms with Crippen LogP contribution in [0.4, 0.5) is 5.69 Å². The Morgan fingerprint density at radius 2 is 1.97 bits per heavy atom. The number of benzene rings is 1. The molecular weight excluding hydrogens is 406 g/mol. The summed E-state index contributed by atoms with van der Waals surface area (Å²) in [4.78, 5) is 33.5. The number of ether oxygens (including phenoxy) is 2. The second-order valence-corrected chi connectivity index (χ2v) is 7.21. The van der Waals surface area contributed by atoms with Gasteiger partial charge in [-0.25, -0.2) is 9.97 Å². The molecule has 2 aromatic heterocycles. The Morgan fingerprint density at radius 3 is 2.60 bits per heavy atom. The van der Waals surface area contributed by atoms with Gasteiger partial charge >= 0.3 is 0 Å². The third-order valence-electron chi connectivity index (χ3n) is 4.17. The minimum absolute atomic E-state index is 0.0364. The van der Waals surface area contributed by atoms with Gasteiger partial charge in [0.2, 0.25) is 5.91 Å². The number of methoxy groups -OCH3 is 2. The van der Waals surface area contributed by atoms with Crippen LogP contribution in [-0.2, 0) is 4.79 Å². The number of Topliss-reactive ketones (excluding diaryl/α,β-unsaturated/α-hetero) is 1. The van der Waals surface area contributed by atoms with Gasteiger partial charge in [0.15, 0.2) is 17.4 Å². The maximum absolute atomic E-state index is 12.6. The van der Waals surface area contributed by atoms with Gasteiger partial charge in [-0.05, 0) is 38.1 Å². The molecular formula is C21H21N3O5S. The maximum Gasteiger partial charge on any atom is 0.234 e. The molecule has 156 valence electrons. The summed E-state index contributed by atoms with van der Waals surface area (Å²) >= 11 is 1.15. The van der Waals surface area contributed by atoms with Crippen LogP contribution >= 0.6 is 11.8 Å². The second kappa shape index (κ2) is 9.45. The van der Waals surface area contributed by atoms with E-state index in [1.165, 1.54) is 20.3 Å². The molecule has 1 aromatic carbocycles. The van der Waals surface area contributed by atoms with Crippen LogP contribution in [0.15, 0.2) is 46.0 Å². The molecule has 0 bridgehead atoms. The van der Waals surface area contributed by atoms with Gasteiger partial charge in [-0.3, -0.25) is 9.59 Å². The molecule has 0 aliphatic rings. The Bertz CT molecular complexity index is 1070. The molecule has 9 heteroatoms. The number of amides is 1. The Morgan fingerprint density at radius 1 is 1.17 bits per heavy atom. The number of aryl methyl sites for hydroxylation is 1. The van der Waals surface area contributed by atoms with E-state index < -0.39 is 0 Å². The number of nitrogens with zero attached hydrogens (tertiary/aromatic N) is 2. The highest BCUT2D eigenvalue weighted by molar-refractivity contribution is 8.00. The van der Waals surface area contributed by atoms with Gasteiger partial charge in [0.1, 0.15) is 16.5 Å². The number of furan rings is 1. The first kappa shape index (κ1) is 21.4. The summed E-state index contributed by atoms with van der Waals surface area (Å²) in [6.45, 7) is 3.18. The number of hydrogen-bond acceptors (Lipinski definition) is 8. The standard InChI is InChI=1S/C21H21N3O5S/c1-12-19(13(2)25)21(24-20(22-12)17-6-5-9-29-17)30-11-18(26)23-15-10-14(27-3)7-8-16(15)28-4/h5-10H,11H2,1-4H3,(H,23,26). The normalized spacial score (nSPS) is 10.5. The quantitative estimate of drug-likeness (QED) is 0.327. The van der Waals surface area contributed by atoms with Gasteiger partial charge in [0.05, 0.1) is 43.2 Å². The third-order valence-corrected chi connectivity index (χ3v) is 5.15. The SMILES string of the molecule is COc1ccc(OC)c(NC(=O)CSc2nc(-c3ccco3)nc(C)c2C(C)=O)c1. The molecule has 3 aromatic rings. The predicted molar refractivity (Wildman–Crippen MR) is 113 cm³/mol. The topological polar surface area (TPSA) is 104 Å². The lowest BCUT2D eigenvalue weighted by Crippen LogP contribution is -2.16. The summed E-state index contributed by atoms with van der Waals surface area (Å²) in [7, 11) is 3.06. The van der Waals surface area contributed by atoms with Crippen molar-refractivity contribution in [1.29, 1.82) is 0 Å². The minimum Gasteiger partial charge on any atom is -0.497 e. The molecule has 0 atom stereocenters. The number of anilines is 1. The van der Waals surface area contributed by atoms with Crippen LogP contribution < -0.4 is 14.8 Å². The zero-order valence-corrected chi connectivity index (χ0v) is 17.8. The molecule has 3 rings (SSSR count). The van der Waals surface area contributed by atoms with E-state index in [0.717, 1.165) is 11.8 Å². The maximum atomic E-state index is 12.6. The Labute approximate surface area is 178 Å². The van der Waals surface area contributed by atoms with Crippen molar-refractivity contribution in [2.45, 2.75) is 18.9 Å². The fourth-order valence-electron chi connectivity index (χ4n) is 2.80. The van der Waals surface area contributed by atoms with E-state index in [4.69, 9.17) is 13.9 Å². The smallest absolute Gasteiger partial charge is 0.234 e. The van der Waals surface area contributed by atoms with Crippen molar-refractivity contribution >= 4 is 29.1 Å². The number of ketones is 1. The van der Waals surface area contributed by atoms with Crippen LogP contribution in [0.1, 0.15) is 23.0 Å². The molecule has 8 nitrogen and oxygen atoms in total. The molecule has 1 N–H and O–H groups in total. The fraction of sp³-hybridized carbons (Fsp3) is 0.238. The van der Waals surface area contributed by atoms with Crippen molar-refractivity contribution < 1.29 is 23.5 Å². The first-order valence-electron chi connectivity index (χ1n) is 9.01. The molecule has 0 aliphatic heterocycles. The predicted octanol–water partition coefficient (Wildman–Crippen LogP) is 4.00. The molecule has 0 aliphatic carbocycles. The molecule has 1 amide bonds. The van der Waals surface area contributed by atoms with Gasteiger partial charge in [0, 0.05) is 6.07 Å². The number of nitrogens with one attached hydrogen (secondary N) is 1. The van der Waals surface area contributed by atoms with Crippen molar-refractivity contribution in [1.82, 2.24) is 9.97 Å². The number of aromatic nitrogens is 2. The average molecular weight is 427 g/mol. The first-order valence-corrected chi connectivity index (χ1v) is 9.99. The molecule has 0 fully saturated rings. The van der Waals surface area contributed by atoms with Gasteiger partial charge in [0.25, 0.3) is 0 Å². The molecule has 2 heterocycles. The largest absolute Gasteiger partial charge is 0.497 e. The number of carbonyl (C=O) groups excluding carboxylic acids is 2. The summed E-state index contributed by atoms with van der Waals surface area (Å²) in [5.41, 5.74) is 1.41. The van der Waals surface area contributed by atoms with Crippen LogP contribution in [0.3, 0.4) is 0 Å². The van der Waals surface area contributed by atoms with E-state index in [1.54, 1.807) is 44.4 Å². The summed E-state index contributed by atoms with van der Waals surface area (Å²) < 4.78 is 15.8. The van der Waals surface area contributed by atoms with E-state index in [0.29, 0.717) is 45.1 Å². The first-order chi connectivity index (χ1) is 14.4. The van der Waals surface area contributed by atoms with Gasteiger partial charge < -0.3 is 19.2 Å². The van der Waals surface area contributed by atoms with Crippen molar-refractivity contribution in [3.63, 3.8) is 0 Å². The number of hydrogen-bond donors (Lipinski definition) is 1. The van der Waals surface area contributed by atoms with Crippen LogP contribution in [0, 0.1) is 6.92 Å². The van der Waals surface area contributed by atoms with E-state index in [1.807, 2.05) is 0 Å². The highest BCUT2D eigenvalue weighted by Gasteiger charge is 2.19. The van der Waals surface area contributed by atoms with Crippen molar-refractivity contribution in [2.24, 2.45) is 0 Å². The van der Waals surface area contributed by atoms with E-state index in [-0.39, 0.29) is 17.4 Å². The van der Waals surface area contributed by atoms with Crippen LogP contribution in [0.25, 0.3) is 11.6 Å². The highest BCUT2D eigenvalue weighted by Crippen LogP contribution is 2.30. The van der Waals surface area contributed by atoms with Crippen molar-refractivity contribution in [3.8, 4) is 23.1 Å². The van der Waals surface area contributed by atoms with Gasteiger partial charge in [-0.1, -0.05) is 11.8 Å². The molecule has 30 heavy (non-hydrogen) atoms. The summed E-state index contributed by atoms with van der Waals surface area (Å²) in [6, 6.07) is 8.58. The van der Waals surface area contributed by atoms with Crippen molar-refractivity contribution in [3.05, 3.63) is 47.9 Å². The van der Waals surface area contributed by atoms with E-state index in [2.05, 4.69) is 15.3 Å². The Hall–Kier alpha value is -3.33. The Kier molecular flexibility index (Phi) is 6.73. The average Bonchev–Trinajstić information content (AvgIpc) is 3.26. The van der Waals surface area contributed by atoms with E-state index in [9.17, 15) is 9.59 Å². The molecule has 0 saturated heterocycles. The zero-order valence-electron chi connectivity index (χ0n) is 17.0. The Balaban J connectivity index is 1.81. The third kappa shape index (κ3) is 4.80. The fourth-order valence-corrected chi connectivity index (χ4v) is 3.73. The lowest BCUT2D eigenvalue weighted by molar-refractivity contribution is -0.113. The summed E-state index contributed by atoms with van der Waals surface area (Å²) in [6.07, 6.45) is 1.52. The molecule has 0 radical (unpaired) electrons. The van der Waals surface area contributed by atoms with Crippen LogP contribution in [0.5, 0.6) is 11.5 Å². The highest BCUT2D eigenvalue weighted by atomic mass is 32.2. The molecule has 0 unspecified atom stereocenters. The van der Waals surface area contributed by atoms with Gasteiger partial charge in [-0.15, -0.1) is 0 Å². The number of rotatable bonds is 8. The second-order valence-electron chi connectivity index (χ2n) is 6.25. The van der Waals surface area contributed by atoms with Crippen LogP contribution in [-0.4, -0.2) is 41.6 Å². The molecule has 0 spiro atoms. The summed E-state index contributed by atoms with van der Waals surface area (Å²) in [5, 5.41) is 3.23. The number of carbonyl (C=O) groups is 2. The van der Waals surface area contributed by atoms with Gasteiger partial charge in [-0.2, -0.15) is 0 Å². The molecule has 0 saturated carbocycles. The lowest BCUT2D eigenvalue weighted by Gasteiger charge is -2.13. The number of thioether (sulfide) groups is 1. The van der Waals surface area contributed by atoms with Crippen molar-refractivity contribution in [2.75, 3.05) is 25.3 Å². The lowest BCUT2D eigenvalue weighted by atomic mass is 10.2. The van der Waals surface area contributed by atoms with Crippen LogP contribution in [0.2, 0.25) is 0 Å². The summed E-state index contributed by atoms with van der Waals surface area (Å²) in [5.74, 6) is 1.53. The van der Waals surface area contributed by atoms with E-state index >= 15 is 0 Å². The monoisotopic (exact) mass is 427 g/mol. The minimum atomic E-state index is -0.281.